The molecule has 1 amide bonds. The molecule has 0 fully saturated rings. The Bertz CT molecular complexity index is 638. The minimum absolute atomic E-state index is 0.0816. The summed E-state index contributed by atoms with van der Waals surface area (Å²) in [4.78, 5) is 14.2. The van der Waals surface area contributed by atoms with Crippen molar-refractivity contribution in [2.45, 2.75) is 53.1 Å². The number of hydrogen-bond donors (Lipinski definition) is 0. The molecule has 0 spiro atoms. The largest absolute Gasteiger partial charge is 0.464 e. The van der Waals surface area contributed by atoms with Gasteiger partial charge in [0, 0.05) is 12.7 Å². The Morgan fingerprint density at radius 1 is 1.32 bits per heavy atom. The number of nitrogens with zero attached hydrogens (tertiary/aromatic N) is 3. The first-order chi connectivity index (χ1) is 10.5. The highest BCUT2D eigenvalue weighted by atomic mass is 16.3. The van der Waals surface area contributed by atoms with Gasteiger partial charge in [-0.1, -0.05) is 13.8 Å². The minimum atomic E-state index is -0.0816. The Morgan fingerprint density at radius 3 is 2.55 bits per heavy atom. The normalized spacial score (nSPS) is 11.2. The van der Waals surface area contributed by atoms with Crippen molar-refractivity contribution in [1.29, 1.82) is 0 Å². The number of carbonyl (C=O) groups is 1. The smallest absolute Gasteiger partial charge is 0.274 e. The van der Waals surface area contributed by atoms with Crippen molar-refractivity contribution in [3.63, 3.8) is 0 Å². The molecule has 0 saturated heterocycles. The second-order valence-corrected chi connectivity index (χ2v) is 5.76. The molecule has 0 atom stereocenters. The number of amides is 1. The van der Waals surface area contributed by atoms with E-state index in [2.05, 4.69) is 18.9 Å². The van der Waals surface area contributed by atoms with Crippen LogP contribution in [0.15, 0.2) is 22.6 Å². The van der Waals surface area contributed by atoms with Crippen LogP contribution in [-0.2, 0) is 6.54 Å². The third-order valence-electron chi connectivity index (χ3n) is 3.97. The molecule has 0 N–H and O–H groups in total. The van der Waals surface area contributed by atoms with E-state index in [1.165, 1.54) is 0 Å². The lowest BCUT2D eigenvalue weighted by Gasteiger charge is -2.16. The predicted octanol–water partition coefficient (Wildman–Crippen LogP) is 3.73. The molecule has 5 nitrogen and oxygen atoms in total. The Morgan fingerprint density at radius 2 is 2.00 bits per heavy atom. The first-order valence-corrected chi connectivity index (χ1v) is 7.83. The van der Waals surface area contributed by atoms with Crippen LogP contribution in [0.4, 0.5) is 0 Å². The lowest BCUT2D eigenvalue weighted by Crippen LogP contribution is -2.26. The molecule has 22 heavy (non-hydrogen) atoms. The average molecular weight is 303 g/mol. The lowest BCUT2D eigenvalue weighted by molar-refractivity contribution is 0.0767. The monoisotopic (exact) mass is 303 g/mol. The zero-order valence-electron chi connectivity index (χ0n) is 14.1. The molecule has 2 aromatic rings. The van der Waals surface area contributed by atoms with E-state index in [0.29, 0.717) is 18.3 Å². The Balaban J connectivity index is 2.13. The van der Waals surface area contributed by atoms with E-state index >= 15 is 0 Å². The molecule has 0 aliphatic carbocycles. The SMILES string of the molecule is CCC(CC)n1nc(C(=O)N(C)Cc2ccc(C)o2)cc1C. The maximum atomic E-state index is 12.5. The molecule has 2 rings (SSSR count). The van der Waals surface area contributed by atoms with Gasteiger partial charge in [-0.15, -0.1) is 0 Å². The molecule has 0 aromatic carbocycles. The summed E-state index contributed by atoms with van der Waals surface area (Å²) in [5, 5.41) is 4.51. The third-order valence-corrected chi connectivity index (χ3v) is 3.97. The van der Waals surface area contributed by atoms with E-state index in [4.69, 9.17) is 4.42 Å². The van der Waals surface area contributed by atoms with Crippen LogP contribution in [-0.4, -0.2) is 27.6 Å². The standard InChI is InChI=1S/C17H25N3O2/c1-6-14(7-2)20-12(3)10-16(18-20)17(21)19(5)11-15-9-8-13(4)22-15/h8-10,14H,6-7,11H2,1-5H3. The maximum absolute atomic E-state index is 12.5. The van der Waals surface area contributed by atoms with Crippen LogP contribution < -0.4 is 0 Å². The number of furan rings is 1. The van der Waals surface area contributed by atoms with Crippen LogP contribution in [0, 0.1) is 13.8 Å². The topological polar surface area (TPSA) is 51.3 Å². The van der Waals surface area contributed by atoms with Crippen LogP contribution in [0.5, 0.6) is 0 Å². The number of aryl methyl sites for hydroxylation is 2. The summed E-state index contributed by atoms with van der Waals surface area (Å²) < 4.78 is 7.49. The van der Waals surface area contributed by atoms with Gasteiger partial charge in [0.1, 0.15) is 11.5 Å². The molecule has 0 unspecified atom stereocenters. The molecule has 5 heteroatoms. The fourth-order valence-corrected chi connectivity index (χ4v) is 2.67. The first kappa shape index (κ1) is 16.3. The predicted molar refractivity (Wildman–Crippen MR) is 85.8 cm³/mol. The summed E-state index contributed by atoms with van der Waals surface area (Å²) in [6.45, 7) is 8.62. The van der Waals surface area contributed by atoms with Crippen molar-refractivity contribution in [2.24, 2.45) is 0 Å². The number of rotatable bonds is 6. The Labute approximate surface area is 131 Å². The highest BCUT2D eigenvalue weighted by molar-refractivity contribution is 5.92. The van der Waals surface area contributed by atoms with Gasteiger partial charge in [-0.3, -0.25) is 9.48 Å². The average Bonchev–Trinajstić information content (AvgIpc) is 3.06. The summed E-state index contributed by atoms with van der Waals surface area (Å²) in [7, 11) is 1.77. The van der Waals surface area contributed by atoms with Crippen LogP contribution in [0.1, 0.15) is 60.4 Å². The highest BCUT2D eigenvalue weighted by Gasteiger charge is 2.19. The second kappa shape index (κ2) is 6.81. The molecular weight excluding hydrogens is 278 g/mol. The summed E-state index contributed by atoms with van der Waals surface area (Å²) in [5.74, 6) is 1.55. The van der Waals surface area contributed by atoms with Crippen LogP contribution in [0.3, 0.4) is 0 Å². The summed E-state index contributed by atoms with van der Waals surface area (Å²) in [6.07, 6.45) is 2.02. The molecule has 120 valence electrons. The number of aromatic nitrogens is 2. The van der Waals surface area contributed by atoms with E-state index in [-0.39, 0.29) is 5.91 Å². The third kappa shape index (κ3) is 3.40. The van der Waals surface area contributed by atoms with Crippen LogP contribution in [0.2, 0.25) is 0 Å². The van der Waals surface area contributed by atoms with Gasteiger partial charge < -0.3 is 9.32 Å². The fourth-order valence-electron chi connectivity index (χ4n) is 2.67. The molecule has 0 aliphatic rings. The van der Waals surface area contributed by atoms with E-state index in [1.54, 1.807) is 11.9 Å². The number of carbonyl (C=O) groups excluding carboxylic acids is 1. The van der Waals surface area contributed by atoms with Gasteiger partial charge in [-0.25, -0.2) is 0 Å². The van der Waals surface area contributed by atoms with E-state index in [9.17, 15) is 4.79 Å². The molecule has 0 bridgehead atoms. The Hall–Kier alpha value is -2.04. The summed E-state index contributed by atoms with van der Waals surface area (Å²) in [5.41, 5.74) is 1.52. The van der Waals surface area contributed by atoms with Crippen LogP contribution in [0.25, 0.3) is 0 Å². The van der Waals surface area contributed by atoms with Gasteiger partial charge in [0.2, 0.25) is 0 Å². The molecule has 2 aromatic heterocycles. The van der Waals surface area contributed by atoms with Gasteiger partial charge >= 0.3 is 0 Å². The molecule has 0 radical (unpaired) electrons. The summed E-state index contributed by atoms with van der Waals surface area (Å²) in [6, 6.07) is 6.01. The van der Waals surface area contributed by atoms with Crippen molar-refractivity contribution in [3.05, 3.63) is 41.1 Å². The van der Waals surface area contributed by atoms with Gasteiger partial charge in [0.25, 0.3) is 5.91 Å². The van der Waals surface area contributed by atoms with E-state index in [0.717, 1.165) is 30.1 Å². The molecular formula is C17H25N3O2. The zero-order valence-corrected chi connectivity index (χ0v) is 14.1. The van der Waals surface area contributed by atoms with E-state index < -0.39 is 0 Å². The van der Waals surface area contributed by atoms with Gasteiger partial charge in [0.15, 0.2) is 5.69 Å². The van der Waals surface area contributed by atoms with Crippen LogP contribution >= 0.6 is 0 Å². The maximum Gasteiger partial charge on any atom is 0.274 e. The molecule has 0 saturated carbocycles. The van der Waals surface area contributed by atoms with Crippen molar-refractivity contribution < 1.29 is 9.21 Å². The Kier molecular flexibility index (Phi) is 5.06. The van der Waals surface area contributed by atoms with Crippen molar-refractivity contribution in [1.82, 2.24) is 14.7 Å². The zero-order chi connectivity index (χ0) is 16.3. The fraction of sp³-hybridized carbons (Fsp3) is 0.529. The quantitative estimate of drug-likeness (QED) is 0.817. The van der Waals surface area contributed by atoms with Crippen molar-refractivity contribution in [3.8, 4) is 0 Å². The van der Waals surface area contributed by atoms with Gasteiger partial charge in [0.05, 0.1) is 12.6 Å². The molecule has 0 aliphatic heterocycles. The van der Waals surface area contributed by atoms with Crippen molar-refractivity contribution in [2.75, 3.05) is 7.05 Å². The van der Waals surface area contributed by atoms with Crippen molar-refractivity contribution >= 4 is 5.91 Å². The highest BCUT2D eigenvalue weighted by Crippen LogP contribution is 2.19. The van der Waals surface area contributed by atoms with Gasteiger partial charge in [-0.05, 0) is 44.9 Å². The summed E-state index contributed by atoms with van der Waals surface area (Å²) >= 11 is 0. The first-order valence-electron chi connectivity index (χ1n) is 7.83. The van der Waals surface area contributed by atoms with Gasteiger partial charge in [-0.2, -0.15) is 5.10 Å². The minimum Gasteiger partial charge on any atom is -0.464 e. The lowest BCUT2D eigenvalue weighted by atomic mass is 10.2. The van der Waals surface area contributed by atoms with E-state index in [1.807, 2.05) is 36.7 Å². The second-order valence-electron chi connectivity index (χ2n) is 5.76. The molecule has 2 heterocycles. The number of hydrogen-bond acceptors (Lipinski definition) is 3.